The molecule has 0 saturated carbocycles. The van der Waals surface area contributed by atoms with Crippen LogP contribution in [0, 0.1) is 0 Å². The van der Waals surface area contributed by atoms with Crippen LogP contribution in [0.5, 0.6) is 0 Å². The van der Waals surface area contributed by atoms with Crippen molar-refractivity contribution in [2.45, 2.75) is 6.42 Å². The maximum absolute atomic E-state index is 12.1. The van der Waals surface area contributed by atoms with Crippen LogP contribution >= 0.6 is 0 Å². The van der Waals surface area contributed by atoms with Crippen molar-refractivity contribution >= 4 is 28.8 Å². The van der Waals surface area contributed by atoms with Gasteiger partial charge in [-0.2, -0.15) is 0 Å². The molecule has 8 heteroatoms. The Bertz CT molecular complexity index is 1020. The lowest BCUT2D eigenvalue weighted by Gasteiger charge is -2.06. The molecular weight excluding hydrogens is 348 g/mol. The summed E-state index contributed by atoms with van der Waals surface area (Å²) >= 11 is 0. The second-order valence-electron chi connectivity index (χ2n) is 5.68. The van der Waals surface area contributed by atoms with Crippen molar-refractivity contribution in [3.63, 3.8) is 0 Å². The predicted octanol–water partition coefficient (Wildman–Crippen LogP) is 1.47. The van der Waals surface area contributed by atoms with Crippen LogP contribution in [0.3, 0.4) is 0 Å². The molecule has 3 aromatic rings. The summed E-state index contributed by atoms with van der Waals surface area (Å²) in [7, 11) is 0. The zero-order chi connectivity index (χ0) is 19.1. The number of carbonyl (C=O) groups excluding carboxylic acids is 2. The van der Waals surface area contributed by atoms with E-state index in [-0.39, 0.29) is 17.3 Å². The van der Waals surface area contributed by atoms with Crippen molar-refractivity contribution in [2.24, 2.45) is 0 Å². The van der Waals surface area contributed by atoms with Gasteiger partial charge in [0.25, 0.3) is 11.5 Å². The smallest absolute Gasteiger partial charge is 0.287 e. The second kappa shape index (κ2) is 8.61. The number of carbonyl (C=O) groups is 2. The lowest BCUT2D eigenvalue weighted by Crippen LogP contribution is -2.31. The van der Waals surface area contributed by atoms with E-state index in [2.05, 4.69) is 20.6 Å². The van der Waals surface area contributed by atoms with Crippen LogP contribution in [-0.4, -0.2) is 34.9 Å². The molecule has 0 fully saturated rings. The van der Waals surface area contributed by atoms with Crippen molar-refractivity contribution in [1.82, 2.24) is 20.6 Å². The number of rotatable bonds is 7. The van der Waals surface area contributed by atoms with Gasteiger partial charge in [-0.3, -0.25) is 14.4 Å². The van der Waals surface area contributed by atoms with Crippen molar-refractivity contribution in [2.75, 3.05) is 13.1 Å². The second-order valence-corrected chi connectivity index (χ2v) is 5.68. The fourth-order valence-electron chi connectivity index (χ4n) is 2.38. The summed E-state index contributed by atoms with van der Waals surface area (Å²) in [5.41, 5.74) is 0.100. The number of nitrogens with one attached hydrogen (secondary N) is 3. The highest BCUT2D eigenvalue weighted by Crippen LogP contribution is 2.05. The number of aromatic amines is 1. The number of aromatic nitrogens is 2. The van der Waals surface area contributed by atoms with Crippen LogP contribution in [0.2, 0.25) is 0 Å². The fourth-order valence-corrected chi connectivity index (χ4v) is 2.38. The van der Waals surface area contributed by atoms with Crippen LogP contribution in [0.25, 0.3) is 17.0 Å². The molecule has 0 spiro atoms. The van der Waals surface area contributed by atoms with Crippen LogP contribution in [-0.2, 0) is 4.79 Å². The average Bonchev–Trinajstić information content (AvgIpc) is 3.19. The molecular formula is C19H18N4O4. The van der Waals surface area contributed by atoms with Gasteiger partial charge in [0.15, 0.2) is 5.82 Å². The van der Waals surface area contributed by atoms with Gasteiger partial charge in [0.05, 0.1) is 17.2 Å². The Kier molecular flexibility index (Phi) is 5.78. The van der Waals surface area contributed by atoms with Gasteiger partial charge in [0.1, 0.15) is 5.76 Å². The quantitative estimate of drug-likeness (QED) is 0.432. The summed E-state index contributed by atoms with van der Waals surface area (Å²) in [5.74, 6) is -0.168. The first-order valence-corrected chi connectivity index (χ1v) is 8.40. The summed E-state index contributed by atoms with van der Waals surface area (Å²) in [6, 6.07) is 10.3. The largest absolute Gasteiger partial charge is 0.465 e. The predicted molar refractivity (Wildman–Crippen MR) is 100 cm³/mol. The summed E-state index contributed by atoms with van der Waals surface area (Å²) in [6.07, 6.45) is 5.00. The van der Waals surface area contributed by atoms with Gasteiger partial charge in [0, 0.05) is 19.2 Å². The molecule has 0 unspecified atom stereocenters. The Hall–Kier alpha value is -3.68. The zero-order valence-electron chi connectivity index (χ0n) is 14.4. The van der Waals surface area contributed by atoms with E-state index in [1.807, 2.05) is 0 Å². The summed E-state index contributed by atoms with van der Waals surface area (Å²) < 4.78 is 5.09. The van der Waals surface area contributed by atoms with Gasteiger partial charge in [-0.1, -0.05) is 12.1 Å². The Morgan fingerprint density at radius 1 is 1.11 bits per heavy atom. The molecule has 0 saturated heterocycles. The molecule has 8 nitrogen and oxygen atoms in total. The Balaban J connectivity index is 1.43. The molecule has 0 bridgehead atoms. The Morgan fingerprint density at radius 2 is 1.93 bits per heavy atom. The number of nitrogens with zero attached hydrogens (tertiary/aromatic N) is 1. The topological polar surface area (TPSA) is 117 Å². The third kappa shape index (κ3) is 4.91. The highest BCUT2D eigenvalue weighted by Gasteiger charge is 2.10. The first-order chi connectivity index (χ1) is 13.1. The van der Waals surface area contributed by atoms with E-state index in [4.69, 9.17) is 4.42 Å². The minimum atomic E-state index is -0.470. The van der Waals surface area contributed by atoms with Gasteiger partial charge >= 0.3 is 0 Å². The van der Waals surface area contributed by atoms with Crippen molar-refractivity contribution in [3.05, 3.63) is 70.7 Å². The lowest BCUT2D eigenvalue weighted by atomic mass is 10.2. The molecule has 1 aromatic carbocycles. The number of benzene rings is 1. The maximum atomic E-state index is 12.1. The molecule has 2 amide bonds. The van der Waals surface area contributed by atoms with Crippen LogP contribution < -0.4 is 16.2 Å². The molecule has 0 aliphatic heterocycles. The van der Waals surface area contributed by atoms with E-state index in [9.17, 15) is 14.4 Å². The minimum Gasteiger partial charge on any atom is -0.465 e. The molecule has 2 heterocycles. The third-order valence-corrected chi connectivity index (χ3v) is 3.71. The molecule has 2 aromatic heterocycles. The highest BCUT2D eigenvalue weighted by molar-refractivity contribution is 5.92. The standard InChI is InChI=1S/C19H18N4O4/c24-16(9-8-13-5-3-12-27-13)20-10-4-11-21-19(26)17-22-15-7-2-1-6-14(15)18(25)23-17/h1-3,5-9,12H,4,10-11H2,(H,20,24)(H,21,26)(H,22,23,25). The number of para-hydroxylation sites is 1. The van der Waals surface area contributed by atoms with Crippen molar-refractivity contribution < 1.29 is 14.0 Å². The highest BCUT2D eigenvalue weighted by atomic mass is 16.3. The van der Waals surface area contributed by atoms with E-state index in [1.54, 1.807) is 42.5 Å². The number of H-pyrrole nitrogens is 1. The summed E-state index contributed by atoms with van der Waals surface area (Å²) in [5, 5.41) is 5.79. The van der Waals surface area contributed by atoms with E-state index in [0.29, 0.717) is 36.2 Å². The van der Waals surface area contributed by atoms with Crippen molar-refractivity contribution in [1.29, 1.82) is 0 Å². The number of furan rings is 1. The molecule has 3 N–H and O–H groups in total. The SMILES string of the molecule is O=C(C=Cc1ccco1)NCCCNC(=O)c1nc2ccccc2c(=O)[nH]1. The Morgan fingerprint density at radius 3 is 2.74 bits per heavy atom. The summed E-state index contributed by atoms with van der Waals surface area (Å²) in [6.45, 7) is 0.723. The van der Waals surface area contributed by atoms with E-state index < -0.39 is 5.91 Å². The number of amides is 2. The molecule has 3 rings (SSSR count). The Labute approximate surface area is 154 Å². The molecule has 27 heavy (non-hydrogen) atoms. The minimum absolute atomic E-state index is 0.0379. The van der Waals surface area contributed by atoms with E-state index >= 15 is 0 Å². The van der Waals surface area contributed by atoms with Gasteiger partial charge in [-0.05, 0) is 36.8 Å². The third-order valence-electron chi connectivity index (χ3n) is 3.71. The van der Waals surface area contributed by atoms with Crippen LogP contribution in [0.1, 0.15) is 22.8 Å². The normalized spacial score (nSPS) is 11.0. The first-order valence-electron chi connectivity index (χ1n) is 8.40. The molecule has 0 aliphatic carbocycles. The summed E-state index contributed by atoms with van der Waals surface area (Å²) in [4.78, 5) is 42.4. The number of hydrogen-bond donors (Lipinski definition) is 3. The number of hydrogen-bond acceptors (Lipinski definition) is 5. The monoisotopic (exact) mass is 366 g/mol. The van der Waals surface area contributed by atoms with E-state index in [1.165, 1.54) is 12.3 Å². The maximum Gasteiger partial charge on any atom is 0.287 e. The lowest BCUT2D eigenvalue weighted by molar-refractivity contribution is -0.116. The molecule has 0 radical (unpaired) electrons. The van der Waals surface area contributed by atoms with Crippen LogP contribution in [0.4, 0.5) is 0 Å². The van der Waals surface area contributed by atoms with Gasteiger partial charge < -0.3 is 20.0 Å². The fraction of sp³-hybridized carbons (Fsp3) is 0.158. The zero-order valence-corrected chi connectivity index (χ0v) is 14.4. The first kappa shape index (κ1) is 18.1. The van der Waals surface area contributed by atoms with E-state index in [0.717, 1.165) is 0 Å². The van der Waals surface area contributed by atoms with Gasteiger partial charge in [-0.25, -0.2) is 4.98 Å². The average molecular weight is 366 g/mol. The molecule has 0 aliphatic rings. The molecule has 0 atom stereocenters. The van der Waals surface area contributed by atoms with Crippen molar-refractivity contribution in [3.8, 4) is 0 Å². The van der Waals surface area contributed by atoms with Gasteiger partial charge in [0.2, 0.25) is 5.91 Å². The van der Waals surface area contributed by atoms with Crippen LogP contribution in [0.15, 0.2) is 57.9 Å². The molecule has 138 valence electrons. The van der Waals surface area contributed by atoms with Gasteiger partial charge in [-0.15, -0.1) is 0 Å². The number of fused-ring (bicyclic) bond motifs is 1.